The first kappa shape index (κ1) is 9.59. The van der Waals surface area contributed by atoms with Gasteiger partial charge >= 0.3 is 5.97 Å². The molecule has 1 heterocycles. The van der Waals surface area contributed by atoms with Gasteiger partial charge in [0.1, 0.15) is 6.61 Å². The summed E-state index contributed by atoms with van der Waals surface area (Å²) in [6, 6.07) is 0. The van der Waals surface area contributed by atoms with Crippen LogP contribution in [-0.2, 0) is 22.7 Å². The van der Waals surface area contributed by atoms with Crippen LogP contribution >= 0.6 is 0 Å². The van der Waals surface area contributed by atoms with E-state index >= 15 is 0 Å². The lowest BCUT2D eigenvalue weighted by Gasteiger charge is -2.00. The normalized spacial score (nSPS) is 10.2. The zero-order valence-electron chi connectivity index (χ0n) is 7.17. The first-order valence-corrected chi connectivity index (χ1v) is 3.70. The van der Waals surface area contributed by atoms with Crippen LogP contribution in [0.15, 0.2) is 0 Å². The van der Waals surface area contributed by atoms with Crippen LogP contribution in [-0.4, -0.2) is 38.4 Å². The first-order valence-electron chi connectivity index (χ1n) is 3.70. The molecule has 0 radical (unpaired) electrons. The number of carboxylic acids is 1. The molecule has 72 valence electrons. The molecule has 1 N–H and O–H groups in total. The number of rotatable bonds is 5. The molecule has 0 bridgehead atoms. The van der Waals surface area contributed by atoms with Crippen molar-refractivity contribution >= 4 is 5.97 Å². The van der Waals surface area contributed by atoms with E-state index in [4.69, 9.17) is 9.84 Å². The van der Waals surface area contributed by atoms with Crippen molar-refractivity contribution in [1.29, 1.82) is 0 Å². The minimum absolute atomic E-state index is 0.00174. The molecular formula is C6H10N4O3. The van der Waals surface area contributed by atoms with Crippen molar-refractivity contribution < 1.29 is 14.6 Å². The van der Waals surface area contributed by atoms with Crippen LogP contribution in [0.4, 0.5) is 0 Å². The van der Waals surface area contributed by atoms with Gasteiger partial charge in [0.25, 0.3) is 0 Å². The Balaban J connectivity index is 2.54. The van der Waals surface area contributed by atoms with E-state index in [1.54, 1.807) is 0 Å². The molecule has 0 aliphatic rings. The zero-order chi connectivity index (χ0) is 9.68. The van der Waals surface area contributed by atoms with Crippen LogP contribution < -0.4 is 0 Å². The first-order chi connectivity index (χ1) is 6.24. The fourth-order valence-corrected chi connectivity index (χ4v) is 0.831. The molecule has 0 aromatic carbocycles. The molecule has 0 atom stereocenters. The number of aliphatic carboxylic acids is 1. The minimum atomic E-state index is -0.876. The smallest absolute Gasteiger partial charge is 0.305 e. The summed E-state index contributed by atoms with van der Waals surface area (Å²) in [7, 11) is 1.52. The molecule has 0 unspecified atom stereocenters. The van der Waals surface area contributed by atoms with Crippen LogP contribution in [0.1, 0.15) is 12.2 Å². The van der Waals surface area contributed by atoms with E-state index in [0.29, 0.717) is 5.82 Å². The number of carbonyl (C=O) groups is 1. The summed E-state index contributed by atoms with van der Waals surface area (Å²) < 4.78 is 6.24. The third kappa shape index (κ3) is 2.79. The molecule has 0 fully saturated rings. The van der Waals surface area contributed by atoms with Gasteiger partial charge in [0.05, 0.1) is 13.0 Å². The van der Waals surface area contributed by atoms with Crippen molar-refractivity contribution in [3.8, 4) is 0 Å². The fourth-order valence-electron chi connectivity index (χ4n) is 0.831. The van der Waals surface area contributed by atoms with Crippen molar-refractivity contribution in [1.82, 2.24) is 20.2 Å². The van der Waals surface area contributed by atoms with Crippen LogP contribution in [0, 0.1) is 0 Å². The Labute approximate surface area is 74.3 Å². The molecule has 13 heavy (non-hydrogen) atoms. The molecule has 0 aliphatic carbocycles. The lowest BCUT2D eigenvalue weighted by Crippen LogP contribution is -2.10. The average Bonchev–Trinajstić information content (AvgIpc) is 2.49. The molecule has 7 nitrogen and oxygen atoms in total. The Morgan fingerprint density at radius 1 is 1.69 bits per heavy atom. The molecule has 1 rings (SSSR count). The maximum Gasteiger partial charge on any atom is 0.305 e. The van der Waals surface area contributed by atoms with Gasteiger partial charge in [0, 0.05) is 7.11 Å². The fraction of sp³-hybridized carbons (Fsp3) is 0.667. The Kier molecular flexibility index (Phi) is 3.32. The number of nitrogens with zero attached hydrogens (tertiary/aromatic N) is 4. The molecule has 0 aliphatic heterocycles. The lowest BCUT2D eigenvalue weighted by molar-refractivity contribution is -0.137. The van der Waals surface area contributed by atoms with Gasteiger partial charge in [-0.3, -0.25) is 4.79 Å². The molecule has 0 saturated heterocycles. The highest BCUT2D eigenvalue weighted by Gasteiger charge is 2.06. The van der Waals surface area contributed by atoms with Crippen molar-refractivity contribution in [3.63, 3.8) is 0 Å². The summed E-state index contributed by atoms with van der Waals surface area (Å²) in [6.07, 6.45) is 0.00174. The predicted octanol–water partition coefficient (Wildman–Crippen LogP) is -0.706. The number of carboxylic acid groups (broad SMARTS) is 1. The van der Waals surface area contributed by atoms with Crippen molar-refractivity contribution in [3.05, 3.63) is 5.82 Å². The number of aromatic nitrogens is 4. The van der Waals surface area contributed by atoms with Crippen molar-refractivity contribution in [2.45, 2.75) is 19.6 Å². The van der Waals surface area contributed by atoms with Crippen molar-refractivity contribution in [2.75, 3.05) is 7.11 Å². The molecule has 0 spiro atoms. The number of hydrogen-bond acceptors (Lipinski definition) is 5. The van der Waals surface area contributed by atoms with Gasteiger partial charge in [-0.25, -0.2) is 4.68 Å². The summed E-state index contributed by atoms with van der Waals surface area (Å²) in [5, 5.41) is 19.1. The summed E-state index contributed by atoms with van der Waals surface area (Å²) in [4.78, 5) is 10.3. The highest BCUT2D eigenvalue weighted by atomic mass is 16.5. The average molecular weight is 186 g/mol. The second kappa shape index (κ2) is 4.51. The van der Waals surface area contributed by atoms with Gasteiger partial charge < -0.3 is 9.84 Å². The number of ether oxygens (including phenoxy) is 1. The Morgan fingerprint density at radius 2 is 2.46 bits per heavy atom. The SMILES string of the molecule is COCc1nnnn1CCC(=O)O. The largest absolute Gasteiger partial charge is 0.481 e. The number of methoxy groups -OCH3 is 1. The van der Waals surface area contributed by atoms with Gasteiger partial charge in [0.15, 0.2) is 5.82 Å². The number of hydrogen-bond donors (Lipinski definition) is 1. The third-order valence-corrected chi connectivity index (χ3v) is 1.42. The molecule has 0 saturated carbocycles. The topological polar surface area (TPSA) is 90.1 Å². The maximum atomic E-state index is 10.3. The number of tetrazole rings is 1. The Bertz CT molecular complexity index is 285. The quantitative estimate of drug-likeness (QED) is 0.653. The van der Waals surface area contributed by atoms with E-state index in [1.807, 2.05) is 0 Å². The lowest BCUT2D eigenvalue weighted by atomic mass is 10.4. The molecule has 7 heteroatoms. The van der Waals surface area contributed by atoms with Gasteiger partial charge in [-0.15, -0.1) is 5.10 Å². The Hall–Kier alpha value is -1.50. The van der Waals surface area contributed by atoms with Crippen LogP contribution in [0.25, 0.3) is 0 Å². The standard InChI is InChI=1S/C6H10N4O3/c1-13-4-5-7-8-9-10(5)3-2-6(11)12/h2-4H2,1H3,(H,11,12). The third-order valence-electron chi connectivity index (χ3n) is 1.42. The highest BCUT2D eigenvalue weighted by molar-refractivity contribution is 5.66. The second-order valence-electron chi connectivity index (χ2n) is 2.40. The van der Waals surface area contributed by atoms with E-state index < -0.39 is 5.97 Å². The highest BCUT2D eigenvalue weighted by Crippen LogP contribution is 1.95. The van der Waals surface area contributed by atoms with Gasteiger partial charge in [0.2, 0.25) is 0 Å². The molecule has 0 amide bonds. The maximum absolute atomic E-state index is 10.3. The van der Waals surface area contributed by atoms with Gasteiger partial charge in [-0.2, -0.15) is 0 Å². The summed E-state index contributed by atoms with van der Waals surface area (Å²) >= 11 is 0. The zero-order valence-corrected chi connectivity index (χ0v) is 7.17. The predicted molar refractivity (Wildman–Crippen MR) is 40.8 cm³/mol. The van der Waals surface area contributed by atoms with Gasteiger partial charge in [-0.05, 0) is 10.4 Å². The van der Waals surface area contributed by atoms with Crippen LogP contribution in [0.5, 0.6) is 0 Å². The Morgan fingerprint density at radius 3 is 3.08 bits per heavy atom. The second-order valence-corrected chi connectivity index (χ2v) is 2.40. The van der Waals surface area contributed by atoms with E-state index in [1.165, 1.54) is 11.8 Å². The van der Waals surface area contributed by atoms with E-state index in [9.17, 15) is 4.79 Å². The molecular weight excluding hydrogens is 176 g/mol. The van der Waals surface area contributed by atoms with E-state index in [2.05, 4.69) is 15.5 Å². The summed E-state index contributed by atoms with van der Waals surface area (Å²) in [5.74, 6) is -0.345. The minimum Gasteiger partial charge on any atom is -0.481 e. The number of aryl methyl sites for hydroxylation is 1. The van der Waals surface area contributed by atoms with Gasteiger partial charge in [-0.1, -0.05) is 0 Å². The van der Waals surface area contributed by atoms with Crippen LogP contribution in [0.2, 0.25) is 0 Å². The van der Waals surface area contributed by atoms with Crippen LogP contribution in [0.3, 0.4) is 0 Å². The molecule has 1 aromatic heterocycles. The van der Waals surface area contributed by atoms with Crippen molar-refractivity contribution in [2.24, 2.45) is 0 Å². The summed E-state index contributed by atoms with van der Waals surface area (Å²) in [5.41, 5.74) is 0. The molecule has 1 aromatic rings. The van der Waals surface area contributed by atoms with E-state index in [0.717, 1.165) is 0 Å². The van der Waals surface area contributed by atoms with E-state index in [-0.39, 0.29) is 19.6 Å². The monoisotopic (exact) mass is 186 g/mol. The summed E-state index contributed by atoms with van der Waals surface area (Å²) in [6.45, 7) is 0.549.